The van der Waals surface area contributed by atoms with E-state index in [4.69, 9.17) is 0 Å². The third-order valence-electron chi connectivity index (χ3n) is 2.95. The van der Waals surface area contributed by atoms with Gasteiger partial charge in [0.05, 0.1) is 0 Å². The summed E-state index contributed by atoms with van der Waals surface area (Å²) in [6.45, 7) is 7.92. The molecule has 0 saturated heterocycles. The standard InChI is InChI=1S/C14H21F2N/c1-4-17-9-8-14(2,3)10-11-12(15)6-5-7-13(11)16/h5-7,17H,4,8-10H2,1-3H3. The average molecular weight is 241 g/mol. The molecule has 0 bridgehead atoms. The number of benzene rings is 1. The van der Waals surface area contributed by atoms with Gasteiger partial charge in [0.25, 0.3) is 0 Å². The van der Waals surface area contributed by atoms with Crippen molar-refractivity contribution in [2.45, 2.75) is 33.6 Å². The molecule has 17 heavy (non-hydrogen) atoms. The van der Waals surface area contributed by atoms with Crippen molar-refractivity contribution in [3.05, 3.63) is 35.4 Å². The van der Waals surface area contributed by atoms with E-state index >= 15 is 0 Å². The van der Waals surface area contributed by atoms with Gasteiger partial charge >= 0.3 is 0 Å². The Kier molecular flexibility index (Phi) is 5.06. The maximum Gasteiger partial charge on any atom is 0.129 e. The molecule has 3 heteroatoms. The van der Waals surface area contributed by atoms with E-state index in [-0.39, 0.29) is 11.0 Å². The van der Waals surface area contributed by atoms with Crippen LogP contribution in [0.4, 0.5) is 8.78 Å². The predicted octanol–water partition coefficient (Wildman–Crippen LogP) is 3.53. The Bertz CT molecular complexity index is 341. The summed E-state index contributed by atoms with van der Waals surface area (Å²) in [5.74, 6) is -0.886. The molecule has 0 amide bonds. The zero-order valence-electron chi connectivity index (χ0n) is 10.8. The van der Waals surface area contributed by atoms with E-state index in [2.05, 4.69) is 5.32 Å². The van der Waals surface area contributed by atoms with Crippen molar-refractivity contribution in [3.8, 4) is 0 Å². The van der Waals surface area contributed by atoms with E-state index in [0.717, 1.165) is 19.5 Å². The smallest absolute Gasteiger partial charge is 0.129 e. The van der Waals surface area contributed by atoms with E-state index in [1.54, 1.807) is 0 Å². The Morgan fingerprint density at radius 1 is 1.18 bits per heavy atom. The highest BCUT2D eigenvalue weighted by Gasteiger charge is 2.22. The Labute approximate surface area is 102 Å². The molecule has 1 aromatic rings. The fraction of sp³-hybridized carbons (Fsp3) is 0.571. The molecule has 1 nitrogen and oxygen atoms in total. The number of halogens is 2. The molecule has 1 rings (SSSR count). The van der Waals surface area contributed by atoms with Crippen LogP contribution in [-0.4, -0.2) is 13.1 Å². The van der Waals surface area contributed by atoms with Crippen LogP contribution in [0.5, 0.6) is 0 Å². The van der Waals surface area contributed by atoms with Crippen molar-refractivity contribution in [2.24, 2.45) is 5.41 Å². The molecule has 0 fully saturated rings. The Balaban J connectivity index is 2.69. The van der Waals surface area contributed by atoms with Gasteiger partial charge in [-0.25, -0.2) is 8.78 Å². The lowest BCUT2D eigenvalue weighted by atomic mass is 9.82. The van der Waals surface area contributed by atoms with Crippen molar-refractivity contribution in [1.29, 1.82) is 0 Å². The summed E-state index contributed by atoms with van der Waals surface area (Å²) in [5, 5.41) is 3.23. The fourth-order valence-electron chi connectivity index (χ4n) is 1.87. The zero-order chi connectivity index (χ0) is 12.9. The lowest BCUT2D eigenvalue weighted by molar-refractivity contribution is 0.317. The second kappa shape index (κ2) is 6.10. The molecule has 0 aliphatic carbocycles. The van der Waals surface area contributed by atoms with Crippen LogP contribution in [0.1, 0.15) is 32.8 Å². The van der Waals surface area contributed by atoms with Gasteiger partial charge in [-0.05, 0) is 43.5 Å². The zero-order valence-corrected chi connectivity index (χ0v) is 10.8. The molecular formula is C14H21F2N. The summed E-state index contributed by atoms with van der Waals surface area (Å²) in [6, 6.07) is 4.04. The fourth-order valence-corrected chi connectivity index (χ4v) is 1.87. The first-order valence-corrected chi connectivity index (χ1v) is 6.10. The molecule has 0 saturated carbocycles. The molecule has 1 N–H and O–H groups in total. The van der Waals surface area contributed by atoms with Crippen LogP contribution in [-0.2, 0) is 6.42 Å². The van der Waals surface area contributed by atoms with Crippen molar-refractivity contribution >= 4 is 0 Å². The van der Waals surface area contributed by atoms with Crippen LogP contribution in [0.15, 0.2) is 18.2 Å². The molecule has 0 atom stereocenters. The Morgan fingerprint density at radius 2 is 1.76 bits per heavy atom. The minimum absolute atomic E-state index is 0.106. The molecule has 0 spiro atoms. The molecule has 0 aliphatic rings. The molecule has 0 aliphatic heterocycles. The van der Waals surface area contributed by atoms with Gasteiger partial charge in [0, 0.05) is 5.56 Å². The van der Waals surface area contributed by atoms with E-state index in [1.807, 2.05) is 20.8 Å². The Morgan fingerprint density at radius 3 is 2.29 bits per heavy atom. The summed E-state index contributed by atoms with van der Waals surface area (Å²) >= 11 is 0. The van der Waals surface area contributed by atoms with Gasteiger partial charge in [-0.15, -0.1) is 0 Å². The van der Waals surface area contributed by atoms with Crippen LogP contribution >= 0.6 is 0 Å². The highest BCUT2D eigenvalue weighted by atomic mass is 19.1. The minimum atomic E-state index is -0.443. The van der Waals surface area contributed by atoms with Crippen molar-refractivity contribution in [3.63, 3.8) is 0 Å². The minimum Gasteiger partial charge on any atom is -0.317 e. The van der Waals surface area contributed by atoms with Gasteiger partial charge < -0.3 is 5.32 Å². The summed E-state index contributed by atoms with van der Waals surface area (Å²) in [4.78, 5) is 0. The largest absolute Gasteiger partial charge is 0.317 e. The highest BCUT2D eigenvalue weighted by molar-refractivity contribution is 5.20. The van der Waals surface area contributed by atoms with E-state index in [1.165, 1.54) is 18.2 Å². The lowest BCUT2D eigenvalue weighted by Crippen LogP contribution is -2.24. The Hall–Kier alpha value is -0.960. The topological polar surface area (TPSA) is 12.0 Å². The molecule has 0 radical (unpaired) electrons. The molecular weight excluding hydrogens is 220 g/mol. The van der Waals surface area contributed by atoms with E-state index < -0.39 is 11.6 Å². The first-order valence-electron chi connectivity index (χ1n) is 6.10. The number of nitrogens with one attached hydrogen (secondary N) is 1. The first-order chi connectivity index (χ1) is 7.96. The maximum atomic E-state index is 13.5. The third kappa shape index (κ3) is 4.43. The number of hydrogen-bond donors (Lipinski definition) is 1. The van der Waals surface area contributed by atoms with Crippen molar-refractivity contribution in [1.82, 2.24) is 5.32 Å². The van der Waals surface area contributed by atoms with Crippen LogP contribution in [0.2, 0.25) is 0 Å². The van der Waals surface area contributed by atoms with Gasteiger partial charge in [0.1, 0.15) is 11.6 Å². The van der Waals surface area contributed by atoms with Gasteiger partial charge in [-0.2, -0.15) is 0 Å². The number of hydrogen-bond acceptors (Lipinski definition) is 1. The monoisotopic (exact) mass is 241 g/mol. The van der Waals surface area contributed by atoms with Gasteiger partial charge in [0.15, 0.2) is 0 Å². The second-order valence-corrected chi connectivity index (χ2v) is 5.14. The van der Waals surface area contributed by atoms with Crippen LogP contribution in [0.25, 0.3) is 0 Å². The van der Waals surface area contributed by atoms with Crippen LogP contribution < -0.4 is 5.32 Å². The molecule has 0 heterocycles. The number of rotatable bonds is 6. The van der Waals surface area contributed by atoms with Crippen molar-refractivity contribution < 1.29 is 8.78 Å². The first kappa shape index (κ1) is 14.1. The molecule has 96 valence electrons. The van der Waals surface area contributed by atoms with Crippen LogP contribution in [0.3, 0.4) is 0 Å². The predicted molar refractivity (Wildman–Crippen MR) is 67.0 cm³/mol. The van der Waals surface area contributed by atoms with Crippen molar-refractivity contribution in [2.75, 3.05) is 13.1 Å². The van der Waals surface area contributed by atoms with Gasteiger partial charge in [-0.1, -0.05) is 26.8 Å². The quantitative estimate of drug-likeness (QED) is 0.751. The molecule has 0 unspecified atom stereocenters. The van der Waals surface area contributed by atoms with Gasteiger partial charge in [0.2, 0.25) is 0 Å². The summed E-state index contributed by atoms with van der Waals surface area (Å²) in [6.07, 6.45) is 1.32. The normalized spacial score (nSPS) is 11.8. The average Bonchev–Trinajstić information content (AvgIpc) is 2.24. The second-order valence-electron chi connectivity index (χ2n) is 5.14. The summed E-state index contributed by atoms with van der Waals surface area (Å²) < 4.78 is 27.0. The summed E-state index contributed by atoms with van der Waals surface area (Å²) in [7, 11) is 0. The lowest BCUT2D eigenvalue weighted by Gasteiger charge is -2.25. The van der Waals surface area contributed by atoms with Crippen LogP contribution in [0, 0.1) is 17.0 Å². The third-order valence-corrected chi connectivity index (χ3v) is 2.95. The molecule has 1 aromatic carbocycles. The summed E-state index contributed by atoms with van der Waals surface area (Å²) in [5.41, 5.74) is 0.0968. The van der Waals surface area contributed by atoms with Gasteiger partial charge in [-0.3, -0.25) is 0 Å². The van der Waals surface area contributed by atoms with E-state index in [0.29, 0.717) is 6.42 Å². The maximum absolute atomic E-state index is 13.5. The highest BCUT2D eigenvalue weighted by Crippen LogP contribution is 2.28. The molecule has 0 aromatic heterocycles. The van der Waals surface area contributed by atoms with E-state index in [9.17, 15) is 8.78 Å². The SMILES string of the molecule is CCNCCC(C)(C)Cc1c(F)cccc1F.